The van der Waals surface area contributed by atoms with E-state index in [2.05, 4.69) is 14.9 Å². The summed E-state index contributed by atoms with van der Waals surface area (Å²) in [4.78, 5) is 10.6. The molecule has 1 aromatic rings. The Morgan fingerprint density at radius 3 is 3.18 bits per heavy atom. The quantitative estimate of drug-likeness (QED) is 0.624. The van der Waals surface area contributed by atoms with Crippen LogP contribution in [0.15, 0.2) is 4.63 Å². The first-order valence-corrected chi connectivity index (χ1v) is 3.33. The predicted octanol–water partition coefficient (Wildman–Crippen LogP) is 0.184. The van der Waals surface area contributed by atoms with Crippen molar-refractivity contribution >= 4 is 5.97 Å². The molecule has 0 radical (unpaired) electrons. The molecule has 0 bridgehead atoms. The summed E-state index contributed by atoms with van der Waals surface area (Å²) >= 11 is 0. The molecule has 0 spiro atoms. The first-order chi connectivity index (χ1) is 5.29. The van der Waals surface area contributed by atoms with Crippen LogP contribution in [0.4, 0.5) is 0 Å². The summed E-state index contributed by atoms with van der Waals surface area (Å²) in [6.07, 6.45) is 1.26. The molecule has 1 aliphatic rings. The van der Waals surface area contributed by atoms with E-state index in [0.717, 1.165) is 0 Å². The van der Waals surface area contributed by atoms with E-state index < -0.39 is 11.9 Å². The van der Waals surface area contributed by atoms with Crippen molar-refractivity contribution in [3.63, 3.8) is 0 Å². The molecule has 2 rings (SSSR count). The molecule has 1 N–H and O–H groups in total. The van der Waals surface area contributed by atoms with Crippen molar-refractivity contribution < 1.29 is 14.5 Å². The van der Waals surface area contributed by atoms with E-state index in [1.54, 1.807) is 0 Å². The zero-order valence-electron chi connectivity index (χ0n) is 5.65. The summed E-state index contributed by atoms with van der Waals surface area (Å²) in [6, 6.07) is 0. The average molecular weight is 154 g/mol. The maximum atomic E-state index is 10.6. The van der Waals surface area contributed by atoms with Crippen LogP contribution in [-0.2, 0) is 11.2 Å². The highest BCUT2D eigenvalue weighted by atomic mass is 16.6. The van der Waals surface area contributed by atoms with Crippen LogP contribution >= 0.6 is 0 Å². The Morgan fingerprint density at radius 1 is 1.64 bits per heavy atom. The van der Waals surface area contributed by atoms with Crippen LogP contribution in [0.1, 0.15) is 23.7 Å². The largest absolute Gasteiger partial charge is 0.481 e. The maximum Gasteiger partial charge on any atom is 0.312 e. The fraction of sp³-hybridized carbons (Fsp3) is 0.500. The fourth-order valence-electron chi connectivity index (χ4n) is 1.31. The van der Waals surface area contributed by atoms with Crippen molar-refractivity contribution in [2.75, 3.05) is 0 Å². The van der Waals surface area contributed by atoms with Gasteiger partial charge in [-0.1, -0.05) is 10.3 Å². The number of aliphatic carboxylic acids is 1. The van der Waals surface area contributed by atoms with Gasteiger partial charge >= 0.3 is 5.97 Å². The lowest BCUT2D eigenvalue weighted by molar-refractivity contribution is -0.138. The normalized spacial score (nSPS) is 21.6. The van der Waals surface area contributed by atoms with Crippen molar-refractivity contribution in [2.24, 2.45) is 0 Å². The van der Waals surface area contributed by atoms with Gasteiger partial charge in [0, 0.05) is 0 Å². The van der Waals surface area contributed by atoms with Gasteiger partial charge in [0.1, 0.15) is 17.3 Å². The van der Waals surface area contributed by atoms with E-state index in [0.29, 0.717) is 24.2 Å². The van der Waals surface area contributed by atoms with E-state index in [-0.39, 0.29) is 0 Å². The van der Waals surface area contributed by atoms with Crippen molar-refractivity contribution in [1.82, 2.24) is 10.3 Å². The summed E-state index contributed by atoms with van der Waals surface area (Å²) < 4.78 is 4.40. The van der Waals surface area contributed by atoms with Crippen molar-refractivity contribution in [1.29, 1.82) is 0 Å². The molecule has 0 amide bonds. The van der Waals surface area contributed by atoms with E-state index in [4.69, 9.17) is 5.11 Å². The van der Waals surface area contributed by atoms with E-state index in [9.17, 15) is 4.79 Å². The number of carbonyl (C=O) groups is 1. The van der Waals surface area contributed by atoms with Crippen LogP contribution in [-0.4, -0.2) is 21.4 Å². The second-order valence-corrected chi connectivity index (χ2v) is 2.53. The number of aromatic nitrogens is 2. The first kappa shape index (κ1) is 6.33. The first-order valence-electron chi connectivity index (χ1n) is 3.33. The minimum Gasteiger partial charge on any atom is -0.481 e. The lowest BCUT2D eigenvalue weighted by Crippen LogP contribution is -2.08. The molecular weight excluding hydrogens is 148 g/mol. The van der Waals surface area contributed by atoms with Crippen LogP contribution in [0.2, 0.25) is 0 Å². The van der Waals surface area contributed by atoms with Gasteiger partial charge in [0.15, 0.2) is 0 Å². The Labute approximate surface area is 62.0 Å². The molecule has 1 aliphatic carbocycles. The number of rotatable bonds is 1. The van der Waals surface area contributed by atoms with E-state index in [1.807, 2.05) is 0 Å². The third-order valence-corrected chi connectivity index (χ3v) is 1.88. The highest BCUT2D eigenvalue weighted by Gasteiger charge is 2.33. The van der Waals surface area contributed by atoms with Crippen molar-refractivity contribution in [3.8, 4) is 0 Å². The van der Waals surface area contributed by atoms with Gasteiger partial charge in [0.2, 0.25) is 0 Å². The molecule has 5 heteroatoms. The number of aryl methyl sites for hydroxylation is 1. The van der Waals surface area contributed by atoms with Crippen LogP contribution in [0.3, 0.4) is 0 Å². The number of hydrogen-bond acceptors (Lipinski definition) is 4. The lowest BCUT2D eigenvalue weighted by atomic mass is 10.1. The van der Waals surface area contributed by atoms with Crippen LogP contribution in [0.5, 0.6) is 0 Å². The second kappa shape index (κ2) is 2.05. The Balaban J connectivity index is 2.38. The van der Waals surface area contributed by atoms with Crippen LogP contribution < -0.4 is 0 Å². The SMILES string of the molecule is O=C(O)C1CCc2nonc21. The Hall–Kier alpha value is -1.39. The van der Waals surface area contributed by atoms with E-state index >= 15 is 0 Å². The van der Waals surface area contributed by atoms with Gasteiger partial charge in [-0.05, 0) is 12.8 Å². The molecule has 0 fully saturated rings. The van der Waals surface area contributed by atoms with Crippen molar-refractivity contribution in [3.05, 3.63) is 11.4 Å². The topological polar surface area (TPSA) is 76.2 Å². The highest BCUT2D eigenvalue weighted by molar-refractivity contribution is 5.76. The molecule has 58 valence electrons. The van der Waals surface area contributed by atoms with Gasteiger partial charge < -0.3 is 5.11 Å². The molecule has 0 aliphatic heterocycles. The summed E-state index contributed by atoms with van der Waals surface area (Å²) in [5.41, 5.74) is 1.19. The minimum absolute atomic E-state index is 0.498. The Bertz CT molecular complexity index is 294. The van der Waals surface area contributed by atoms with Gasteiger partial charge in [-0.3, -0.25) is 4.79 Å². The number of fused-ring (bicyclic) bond motifs is 1. The van der Waals surface area contributed by atoms with Gasteiger partial charge in [-0.15, -0.1) is 0 Å². The molecule has 1 heterocycles. The summed E-state index contributed by atoms with van der Waals surface area (Å²) in [5, 5.41) is 15.8. The molecule has 0 aromatic carbocycles. The summed E-state index contributed by atoms with van der Waals surface area (Å²) in [6.45, 7) is 0. The van der Waals surface area contributed by atoms with E-state index in [1.165, 1.54) is 0 Å². The molecule has 1 unspecified atom stereocenters. The molecule has 1 atom stereocenters. The highest BCUT2D eigenvalue weighted by Crippen LogP contribution is 2.29. The maximum absolute atomic E-state index is 10.6. The molecule has 0 saturated carbocycles. The van der Waals surface area contributed by atoms with Gasteiger partial charge in [-0.25, -0.2) is 4.63 Å². The summed E-state index contributed by atoms with van der Waals surface area (Å²) in [5.74, 6) is -1.35. The lowest BCUT2D eigenvalue weighted by Gasteiger charge is -1.97. The minimum atomic E-state index is -0.848. The second-order valence-electron chi connectivity index (χ2n) is 2.53. The smallest absolute Gasteiger partial charge is 0.312 e. The monoisotopic (exact) mass is 154 g/mol. The van der Waals surface area contributed by atoms with Crippen LogP contribution in [0, 0.1) is 0 Å². The van der Waals surface area contributed by atoms with Gasteiger partial charge in [0.05, 0.1) is 0 Å². The molecule has 11 heavy (non-hydrogen) atoms. The number of carboxylic acids is 1. The molecule has 5 nitrogen and oxygen atoms in total. The Morgan fingerprint density at radius 2 is 2.45 bits per heavy atom. The zero-order valence-corrected chi connectivity index (χ0v) is 5.65. The third-order valence-electron chi connectivity index (χ3n) is 1.88. The zero-order chi connectivity index (χ0) is 7.84. The summed E-state index contributed by atoms with van der Waals surface area (Å²) in [7, 11) is 0. The van der Waals surface area contributed by atoms with Crippen molar-refractivity contribution in [2.45, 2.75) is 18.8 Å². The van der Waals surface area contributed by atoms with Gasteiger partial charge in [0.25, 0.3) is 0 Å². The third kappa shape index (κ3) is 0.806. The average Bonchev–Trinajstić information content (AvgIpc) is 2.41. The van der Waals surface area contributed by atoms with Crippen LogP contribution in [0.25, 0.3) is 0 Å². The fourth-order valence-corrected chi connectivity index (χ4v) is 1.31. The number of carboxylic acid groups (broad SMARTS) is 1. The van der Waals surface area contributed by atoms with Gasteiger partial charge in [-0.2, -0.15) is 0 Å². The molecular formula is C6H6N2O3. The number of nitrogens with zero attached hydrogens (tertiary/aromatic N) is 2. The molecule has 0 saturated heterocycles. The molecule has 1 aromatic heterocycles. The standard InChI is InChI=1S/C6H6N2O3/c9-6(10)3-1-2-4-5(3)8-11-7-4/h3H,1-2H2,(H,9,10). The Kier molecular flexibility index (Phi) is 1.18. The number of hydrogen-bond donors (Lipinski definition) is 1. The predicted molar refractivity (Wildman–Crippen MR) is 33.0 cm³/mol.